The standard InChI is InChI=1S/C14H20N2O2S/c1-11-10-15-7-8-16(11)19(17,18)14-6-5-12-3-2-4-13(12)9-14/h5-6,9,11,15H,2-4,7-8,10H2,1H3/t11-/m1/s1. The van der Waals surface area contributed by atoms with Crippen LogP contribution >= 0.6 is 0 Å². The number of aryl methyl sites for hydroxylation is 2. The second kappa shape index (κ2) is 4.89. The van der Waals surface area contributed by atoms with Crippen LogP contribution in [-0.4, -0.2) is 38.4 Å². The van der Waals surface area contributed by atoms with Gasteiger partial charge in [0.1, 0.15) is 0 Å². The van der Waals surface area contributed by atoms with Gasteiger partial charge in [0.25, 0.3) is 0 Å². The predicted molar refractivity (Wildman–Crippen MR) is 74.7 cm³/mol. The third-order valence-corrected chi connectivity index (χ3v) is 6.13. The molecule has 1 aliphatic carbocycles. The van der Waals surface area contributed by atoms with Crippen LogP contribution in [0.15, 0.2) is 23.1 Å². The van der Waals surface area contributed by atoms with E-state index in [1.165, 1.54) is 11.1 Å². The van der Waals surface area contributed by atoms with Gasteiger partial charge in [0.05, 0.1) is 4.90 Å². The number of nitrogens with one attached hydrogen (secondary N) is 1. The summed E-state index contributed by atoms with van der Waals surface area (Å²) < 4.78 is 27.0. The molecule has 1 N–H and O–H groups in total. The Balaban J connectivity index is 1.95. The maximum atomic E-state index is 12.7. The lowest BCUT2D eigenvalue weighted by Crippen LogP contribution is -2.52. The van der Waals surface area contributed by atoms with Crippen molar-refractivity contribution in [1.82, 2.24) is 9.62 Å². The Morgan fingerprint density at radius 1 is 1.26 bits per heavy atom. The third kappa shape index (κ3) is 2.30. The number of benzene rings is 1. The highest BCUT2D eigenvalue weighted by molar-refractivity contribution is 7.89. The zero-order valence-electron chi connectivity index (χ0n) is 11.2. The molecule has 0 spiro atoms. The van der Waals surface area contributed by atoms with Gasteiger partial charge in [0.2, 0.25) is 10.0 Å². The zero-order chi connectivity index (χ0) is 13.5. The average molecular weight is 280 g/mol. The Morgan fingerprint density at radius 3 is 2.84 bits per heavy atom. The highest BCUT2D eigenvalue weighted by atomic mass is 32.2. The highest BCUT2D eigenvalue weighted by Crippen LogP contribution is 2.27. The summed E-state index contributed by atoms with van der Waals surface area (Å²) in [5, 5.41) is 3.22. The van der Waals surface area contributed by atoms with Gasteiger partial charge in [0, 0.05) is 25.7 Å². The topological polar surface area (TPSA) is 49.4 Å². The SMILES string of the molecule is C[C@@H]1CNCCN1S(=O)(=O)c1ccc2c(c1)CCC2. The molecule has 104 valence electrons. The molecule has 0 aromatic heterocycles. The number of piperazine rings is 1. The second-order valence-electron chi connectivity index (χ2n) is 5.45. The van der Waals surface area contributed by atoms with Crippen molar-refractivity contribution in [3.8, 4) is 0 Å². The lowest BCUT2D eigenvalue weighted by Gasteiger charge is -2.32. The van der Waals surface area contributed by atoms with E-state index in [1.54, 1.807) is 10.4 Å². The van der Waals surface area contributed by atoms with Gasteiger partial charge in [-0.25, -0.2) is 8.42 Å². The normalized spacial score (nSPS) is 24.4. The van der Waals surface area contributed by atoms with E-state index in [-0.39, 0.29) is 6.04 Å². The lowest BCUT2D eigenvalue weighted by atomic mass is 10.1. The Labute approximate surface area is 114 Å². The van der Waals surface area contributed by atoms with Crippen LogP contribution in [0.3, 0.4) is 0 Å². The average Bonchev–Trinajstić information content (AvgIpc) is 2.86. The zero-order valence-corrected chi connectivity index (χ0v) is 12.0. The predicted octanol–water partition coefficient (Wildman–Crippen LogP) is 1.16. The Kier molecular flexibility index (Phi) is 3.37. The van der Waals surface area contributed by atoms with Gasteiger partial charge >= 0.3 is 0 Å². The number of hydrogen-bond acceptors (Lipinski definition) is 3. The van der Waals surface area contributed by atoms with Crippen LogP contribution in [0.1, 0.15) is 24.5 Å². The van der Waals surface area contributed by atoms with Crippen molar-refractivity contribution < 1.29 is 8.42 Å². The van der Waals surface area contributed by atoms with Gasteiger partial charge in [-0.2, -0.15) is 4.31 Å². The molecule has 5 heteroatoms. The van der Waals surface area contributed by atoms with E-state index in [1.807, 2.05) is 19.1 Å². The van der Waals surface area contributed by atoms with Crippen molar-refractivity contribution in [3.05, 3.63) is 29.3 Å². The summed E-state index contributed by atoms with van der Waals surface area (Å²) in [6, 6.07) is 5.66. The molecule has 19 heavy (non-hydrogen) atoms. The maximum absolute atomic E-state index is 12.7. The fourth-order valence-electron chi connectivity index (χ4n) is 3.02. The molecule has 3 rings (SSSR count). The monoisotopic (exact) mass is 280 g/mol. The fraction of sp³-hybridized carbons (Fsp3) is 0.571. The summed E-state index contributed by atoms with van der Waals surface area (Å²) in [7, 11) is -3.34. The molecular weight excluding hydrogens is 260 g/mol. The van der Waals surface area contributed by atoms with Crippen molar-refractivity contribution in [2.24, 2.45) is 0 Å². The van der Waals surface area contributed by atoms with Crippen LogP contribution in [0.4, 0.5) is 0 Å². The maximum Gasteiger partial charge on any atom is 0.243 e. The molecule has 0 radical (unpaired) electrons. The van der Waals surface area contributed by atoms with E-state index in [2.05, 4.69) is 5.32 Å². The lowest BCUT2D eigenvalue weighted by molar-refractivity contribution is 0.284. The van der Waals surface area contributed by atoms with Crippen molar-refractivity contribution in [2.45, 2.75) is 37.1 Å². The minimum absolute atomic E-state index is 0.0204. The molecule has 1 fully saturated rings. The number of sulfonamides is 1. The molecule has 1 saturated heterocycles. The molecule has 1 aromatic rings. The Bertz CT molecular complexity index is 583. The minimum Gasteiger partial charge on any atom is -0.314 e. The summed E-state index contributed by atoms with van der Waals surface area (Å²) >= 11 is 0. The van der Waals surface area contributed by atoms with E-state index in [4.69, 9.17) is 0 Å². The van der Waals surface area contributed by atoms with Crippen LogP contribution in [0.25, 0.3) is 0 Å². The van der Waals surface area contributed by atoms with E-state index in [0.717, 1.165) is 32.4 Å². The first kappa shape index (κ1) is 13.1. The van der Waals surface area contributed by atoms with Crippen molar-refractivity contribution in [3.63, 3.8) is 0 Å². The minimum atomic E-state index is -3.34. The van der Waals surface area contributed by atoms with Gasteiger partial charge in [-0.3, -0.25) is 0 Å². The van der Waals surface area contributed by atoms with Crippen LogP contribution in [0.5, 0.6) is 0 Å². The van der Waals surface area contributed by atoms with Gasteiger partial charge in [-0.1, -0.05) is 6.07 Å². The number of rotatable bonds is 2. The van der Waals surface area contributed by atoms with Crippen molar-refractivity contribution >= 4 is 10.0 Å². The molecule has 0 saturated carbocycles. The van der Waals surface area contributed by atoms with Crippen molar-refractivity contribution in [1.29, 1.82) is 0 Å². The number of hydrogen-bond donors (Lipinski definition) is 1. The summed E-state index contributed by atoms with van der Waals surface area (Å²) in [6.07, 6.45) is 3.23. The molecule has 1 atom stereocenters. The highest BCUT2D eigenvalue weighted by Gasteiger charge is 2.31. The van der Waals surface area contributed by atoms with Crippen LogP contribution in [0, 0.1) is 0 Å². The molecule has 0 unspecified atom stereocenters. The number of nitrogens with zero attached hydrogens (tertiary/aromatic N) is 1. The first-order valence-electron chi connectivity index (χ1n) is 6.93. The molecule has 1 aromatic carbocycles. The van der Waals surface area contributed by atoms with E-state index < -0.39 is 10.0 Å². The van der Waals surface area contributed by atoms with Gasteiger partial charge in [-0.15, -0.1) is 0 Å². The molecule has 0 amide bonds. The summed E-state index contributed by atoms with van der Waals surface area (Å²) in [5.74, 6) is 0. The quantitative estimate of drug-likeness (QED) is 0.884. The molecule has 2 aliphatic rings. The smallest absolute Gasteiger partial charge is 0.243 e. The van der Waals surface area contributed by atoms with Crippen LogP contribution in [0.2, 0.25) is 0 Å². The Morgan fingerprint density at radius 2 is 2.05 bits per heavy atom. The molecule has 1 heterocycles. The summed E-state index contributed by atoms with van der Waals surface area (Å²) in [6.45, 7) is 3.97. The molecule has 4 nitrogen and oxygen atoms in total. The molecule has 1 aliphatic heterocycles. The first-order valence-corrected chi connectivity index (χ1v) is 8.37. The third-order valence-electron chi connectivity index (χ3n) is 4.12. The van der Waals surface area contributed by atoms with Gasteiger partial charge in [0.15, 0.2) is 0 Å². The van der Waals surface area contributed by atoms with E-state index in [9.17, 15) is 8.42 Å². The van der Waals surface area contributed by atoms with E-state index in [0.29, 0.717) is 11.4 Å². The number of fused-ring (bicyclic) bond motifs is 1. The molecule has 0 bridgehead atoms. The van der Waals surface area contributed by atoms with E-state index >= 15 is 0 Å². The van der Waals surface area contributed by atoms with Crippen molar-refractivity contribution in [2.75, 3.05) is 19.6 Å². The fourth-order valence-corrected chi connectivity index (χ4v) is 4.71. The summed E-state index contributed by atoms with van der Waals surface area (Å²) in [5.41, 5.74) is 2.52. The second-order valence-corrected chi connectivity index (χ2v) is 7.34. The first-order chi connectivity index (χ1) is 9.09. The van der Waals surface area contributed by atoms with Crippen LogP contribution < -0.4 is 5.32 Å². The molecular formula is C14H20N2O2S. The van der Waals surface area contributed by atoms with Crippen LogP contribution in [-0.2, 0) is 22.9 Å². The van der Waals surface area contributed by atoms with Gasteiger partial charge < -0.3 is 5.32 Å². The Hall–Kier alpha value is -0.910. The summed E-state index contributed by atoms with van der Waals surface area (Å²) in [4.78, 5) is 0.460. The van der Waals surface area contributed by atoms with Gasteiger partial charge in [-0.05, 0) is 49.4 Å². The largest absolute Gasteiger partial charge is 0.314 e.